The Labute approximate surface area is 125 Å². The molecule has 1 aliphatic rings. The van der Waals surface area contributed by atoms with Crippen LogP contribution in [-0.2, 0) is 0 Å². The second-order valence-electron chi connectivity index (χ2n) is 5.79. The molecule has 1 fully saturated rings. The van der Waals surface area contributed by atoms with E-state index in [0.29, 0.717) is 6.61 Å². The van der Waals surface area contributed by atoms with Crippen molar-refractivity contribution in [1.29, 1.82) is 0 Å². The molecule has 0 spiro atoms. The predicted octanol–water partition coefficient (Wildman–Crippen LogP) is -0.959. The number of fused-ring (bicyclic) bond motifs is 1. The lowest BCUT2D eigenvalue weighted by Gasteiger charge is -2.24. The van der Waals surface area contributed by atoms with Crippen molar-refractivity contribution < 1.29 is 20.1 Å². The molecular weight excluding hydrogens is 264 g/mol. The molecular formula is C17H24N2O2+2. The molecule has 2 aromatic carbocycles. The maximum absolute atomic E-state index is 10.1. The number of ether oxygens (including phenoxy) is 1. The van der Waals surface area contributed by atoms with E-state index in [1.807, 2.05) is 24.3 Å². The van der Waals surface area contributed by atoms with E-state index in [9.17, 15) is 5.11 Å². The highest BCUT2D eigenvalue weighted by atomic mass is 16.5. The predicted molar refractivity (Wildman–Crippen MR) is 82.7 cm³/mol. The summed E-state index contributed by atoms with van der Waals surface area (Å²) in [4.78, 5) is 1.48. The van der Waals surface area contributed by atoms with Crippen LogP contribution in [0.4, 0.5) is 0 Å². The van der Waals surface area contributed by atoms with Crippen molar-refractivity contribution in [3.8, 4) is 5.75 Å². The van der Waals surface area contributed by atoms with Crippen LogP contribution in [0.15, 0.2) is 42.5 Å². The van der Waals surface area contributed by atoms with Gasteiger partial charge in [0.25, 0.3) is 0 Å². The standard InChI is InChI=1S/C17H22N2O2/c20-16(12-19-9-7-18-8-10-19)13-21-17-6-5-14-3-1-2-4-15(14)11-17/h1-6,11,16,18,20H,7-10,12-13H2/p+2/t16-/m0/s1. The first kappa shape index (κ1) is 14.3. The molecule has 1 aliphatic heterocycles. The molecule has 2 aromatic rings. The van der Waals surface area contributed by atoms with Gasteiger partial charge in [-0.25, -0.2) is 0 Å². The summed E-state index contributed by atoms with van der Waals surface area (Å²) in [7, 11) is 0. The number of nitrogens with one attached hydrogen (secondary N) is 1. The summed E-state index contributed by atoms with van der Waals surface area (Å²) in [5.41, 5.74) is 0. The zero-order chi connectivity index (χ0) is 14.5. The van der Waals surface area contributed by atoms with Gasteiger partial charge in [0, 0.05) is 0 Å². The summed E-state index contributed by atoms with van der Waals surface area (Å²) in [5.74, 6) is 0.828. The van der Waals surface area contributed by atoms with Gasteiger partial charge in [-0.05, 0) is 22.9 Å². The number of quaternary nitrogens is 2. The highest BCUT2D eigenvalue weighted by Gasteiger charge is 2.19. The van der Waals surface area contributed by atoms with Crippen LogP contribution >= 0.6 is 0 Å². The van der Waals surface area contributed by atoms with Gasteiger partial charge in [0.2, 0.25) is 0 Å². The summed E-state index contributed by atoms with van der Waals surface area (Å²) in [6.07, 6.45) is -0.399. The lowest BCUT2D eigenvalue weighted by molar-refractivity contribution is -0.949. The average Bonchev–Trinajstić information content (AvgIpc) is 2.54. The fraction of sp³-hybridized carbons (Fsp3) is 0.412. The first-order valence-electron chi connectivity index (χ1n) is 7.76. The molecule has 1 heterocycles. The maximum atomic E-state index is 10.1. The number of hydrogen-bond donors (Lipinski definition) is 3. The number of aliphatic hydroxyl groups is 1. The summed E-state index contributed by atoms with van der Waals surface area (Å²) in [5, 5.41) is 14.8. The Bertz CT molecular complexity index is 582. The SMILES string of the molecule is O[C@H](COc1ccc2ccccc2c1)C[NH+]1CC[NH2+]CC1. The molecule has 3 rings (SSSR count). The molecule has 0 unspecified atom stereocenters. The normalized spacial score (nSPS) is 17.8. The second-order valence-corrected chi connectivity index (χ2v) is 5.79. The lowest BCUT2D eigenvalue weighted by Crippen LogP contribution is -3.21. The van der Waals surface area contributed by atoms with Crippen LogP contribution < -0.4 is 15.0 Å². The quantitative estimate of drug-likeness (QED) is 0.664. The van der Waals surface area contributed by atoms with E-state index >= 15 is 0 Å². The third kappa shape index (κ3) is 3.94. The van der Waals surface area contributed by atoms with Crippen LogP contribution in [0.5, 0.6) is 5.75 Å². The smallest absolute Gasteiger partial charge is 0.137 e. The van der Waals surface area contributed by atoms with Crippen LogP contribution in [0.2, 0.25) is 0 Å². The lowest BCUT2D eigenvalue weighted by atomic mass is 10.1. The summed E-state index contributed by atoms with van der Waals surface area (Å²) in [6.45, 7) is 5.73. The maximum Gasteiger partial charge on any atom is 0.137 e. The van der Waals surface area contributed by atoms with E-state index in [-0.39, 0.29) is 0 Å². The van der Waals surface area contributed by atoms with E-state index in [0.717, 1.165) is 38.5 Å². The number of benzene rings is 2. The molecule has 0 bridgehead atoms. The second kappa shape index (κ2) is 6.89. The van der Waals surface area contributed by atoms with Gasteiger partial charge >= 0.3 is 0 Å². The van der Waals surface area contributed by atoms with Crippen molar-refractivity contribution in [2.24, 2.45) is 0 Å². The number of rotatable bonds is 5. The highest BCUT2D eigenvalue weighted by molar-refractivity contribution is 5.83. The molecule has 4 N–H and O–H groups in total. The average molecular weight is 288 g/mol. The Morgan fingerprint density at radius 2 is 1.86 bits per heavy atom. The minimum Gasteiger partial charge on any atom is -0.491 e. The molecule has 1 saturated heterocycles. The van der Waals surface area contributed by atoms with Crippen molar-refractivity contribution in [1.82, 2.24) is 0 Å². The van der Waals surface area contributed by atoms with Gasteiger partial charge in [0.05, 0.1) is 0 Å². The molecule has 4 heteroatoms. The molecule has 112 valence electrons. The van der Waals surface area contributed by atoms with Crippen LogP contribution in [0, 0.1) is 0 Å². The van der Waals surface area contributed by atoms with Crippen LogP contribution in [-0.4, -0.2) is 50.5 Å². The Hall–Kier alpha value is -1.62. The van der Waals surface area contributed by atoms with Gasteiger partial charge < -0.3 is 20.1 Å². The molecule has 21 heavy (non-hydrogen) atoms. The van der Waals surface area contributed by atoms with Gasteiger partial charge in [-0.1, -0.05) is 30.3 Å². The third-order valence-corrected chi connectivity index (χ3v) is 4.09. The van der Waals surface area contributed by atoms with Gasteiger partial charge in [-0.2, -0.15) is 0 Å². The molecule has 0 saturated carbocycles. The van der Waals surface area contributed by atoms with Crippen molar-refractivity contribution >= 4 is 10.8 Å². The van der Waals surface area contributed by atoms with Crippen molar-refractivity contribution in [3.63, 3.8) is 0 Å². The van der Waals surface area contributed by atoms with Crippen LogP contribution in [0.1, 0.15) is 0 Å². The summed E-state index contributed by atoms with van der Waals surface area (Å²) in [6, 6.07) is 14.3. The van der Waals surface area contributed by atoms with Gasteiger partial charge in [-0.3, -0.25) is 0 Å². The van der Waals surface area contributed by atoms with Gasteiger partial charge in [-0.15, -0.1) is 0 Å². The van der Waals surface area contributed by atoms with Crippen molar-refractivity contribution in [2.45, 2.75) is 6.10 Å². The van der Waals surface area contributed by atoms with Crippen molar-refractivity contribution in [3.05, 3.63) is 42.5 Å². The Kier molecular flexibility index (Phi) is 4.70. The van der Waals surface area contributed by atoms with E-state index in [2.05, 4.69) is 23.5 Å². The van der Waals surface area contributed by atoms with E-state index in [4.69, 9.17) is 4.74 Å². The number of aliphatic hydroxyl groups excluding tert-OH is 1. The topological polar surface area (TPSA) is 50.5 Å². The monoisotopic (exact) mass is 288 g/mol. The Morgan fingerprint density at radius 1 is 1.10 bits per heavy atom. The highest BCUT2D eigenvalue weighted by Crippen LogP contribution is 2.20. The van der Waals surface area contributed by atoms with Gasteiger partial charge in [0.1, 0.15) is 51.2 Å². The zero-order valence-corrected chi connectivity index (χ0v) is 12.3. The number of hydrogen-bond acceptors (Lipinski definition) is 2. The fourth-order valence-electron chi connectivity index (χ4n) is 2.93. The Balaban J connectivity index is 1.53. The third-order valence-electron chi connectivity index (χ3n) is 4.09. The summed E-state index contributed by atoms with van der Waals surface area (Å²) < 4.78 is 5.75. The minimum absolute atomic E-state index is 0.367. The first-order valence-corrected chi connectivity index (χ1v) is 7.76. The van der Waals surface area contributed by atoms with Crippen LogP contribution in [0.3, 0.4) is 0 Å². The first-order chi connectivity index (χ1) is 10.3. The number of piperazine rings is 1. The fourth-order valence-corrected chi connectivity index (χ4v) is 2.93. The molecule has 4 nitrogen and oxygen atoms in total. The Morgan fingerprint density at radius 3 is 2.67 bits per heavy atom. The van der Waals surface area contributed by atoms with E-state index < -0.39 is 6.10 Å². The minimum atomic E-state index is -0.399. The van der Waals surface area contributed by atoms with Gasteiger partial charge in [0.15, 0.2) is 0 Å². The molecule has 0 radical (unpaired) electrons. The summed E-state index contributed by atoms with van der Waals surface area (Å²) >= 11 is 0. The largest absolute Gasteiger partial charge is 0.491 e. The molecule has 1 atom stereocenters. The number of nitrogens with two attached hydrogens (primary N) is 1. The zero-order valence-electron chi connectivity index (χ0n) is 12.3. The molecule has 0 aromatic heterocycles. The molecule has 0 aliphatic carbocycles. The van der Waals surface area contributed by atoms with Crippen LogP contribution in [0.25, 0.3) is 10.8 Å². The van der Waals surface area contributed by atoms with E-state index in [1.54, 1.807) is 0 Å². The van der Waals surface area contributed by atoms with Crippen molar-refractivity contribution in [2.75, 3.05) is 39.3 Å². The van der Waals surface area contributed by atoms with E-state index in [1.165, 1.54) is 15.7 Å². The molecule has 0 amide bonds.